The number of nitrogens with two attached hydrogens (primary N) is 1. The van der Waals surface area contributed by atoms with Crippen molar-refractivity contribution in [2.24, 2.45) is 5.73 Å². The van der Waals surface area contributed by atoms with E-state index >= 15 is 0 Å². The zero-order valence-corrected chi connectivity index (χ0v) is 19.1. The van der Waals surface area contributed by atoms with Gasteiger partial charge in [-0.2, -0.15) is 0 Å². The van der Waals surface area contributed by atoms with E-state index in [1.54, 1.807) is 0 Å². The van der Waals surface area contributed by atoms with Crippen LogP contribution in [-0.2, 0) is 16.0 Å². The molecule has 4 rings (SSSR count). The lowest BCUT2D eigenvalue weighted by Gasteiger charge is -2.12. The Balaban J connectivity index is 1.21. The molecule has 4 aromatic rings. The number of aromatic amines is 1. The average Bonchev–Trinajstić information content (AvgIpc) is 3.38. The second-order valence-corrected chi connectivity index (χ2v) is 8.84. The summed E-state index contributed by atoms with van der Waals surface area (Å²) in [5.41, 5.74) is 8.41. The molecular formula is C23H22F3N5O3S. The van der Waals surface area contributed by atoms with Crippen molar-refractivity contribution in [3.8, 4) is 5.75 Å². The smallest absolute Gasteiger partial charge is 0.406 e. The largest absolute Gasteiger partial charge is 0.573 e. The third kappa shape index (κ3) is 6.49. The molecule has 0 fully saturated rings. The molecular weight excluding hydrogens is 483 g/mol. The lowest BCUT2D eigenvalue weighted by Crippen LogP contribution is -2.42. The monoisotopic (exact) mass is 505 g/mol. The zero-order chi connectivity index (χ0) is 25.0. The Bertz CT molecular complexity index is 1350. The number of anilines is 1. The van der Waals surface area contributed by atoms with E-state index in [2.05, 4.69) is 25.3 Å². The highest BCUT2D eigenvalue weighted by Gasteiger charge is 2.31. The quantitative estimate of drug-likeness (QED) is 0.255. The number of carbonyl (C=O) groups is 2. The Hall–Kier alpha value is -3.64. The molecule has 8 nitrogen and oxygen atoms in total. The number of para-hydroxylation sites is 1. The van der Waals surface area contributed by atoms with Gasteiger partial charge in [0.1, 0.15) is 5.75 Å². The summed E-state index contributed by atoms with van der Waals surface area (Å²) >= 11 is 1.04. The fraction of sp³-hybridized carbons (Fsp3) is 0.261. The molecule has 0 radical (unpaired) electrons. The van der Waals surface area contributed by atoms with Crippen molar-refractivity contribution in [3.63, 3.8) is 0 Å². The third-order valence-corrected chi connectivity index (χ3v) is 6.10. The lowest BCUT2D eigenvalue weighted by atomic mass is 10.1. The van der Waals surface area contributed by atoms with Crippen LogP contribution in [0.2, 0.25) is 0 Å². The van der Waals surface area contributed by atoms with Crippen LogP contribution in [-0.4, -0.2) is 40.7 Å². The fourth-order valence-corrected chi connectivity index (χ4v) is 4.47. The van der Waals surface area contributed by atoms with E-state index in [-0.39, 0.29) is 35.7 Å². The van der Waals surface area contributed by atoms with Crippen molar-refractivity contribution in [2.45, 2.75) is 31.7 Å². The Labute approximate surface area is 201 Å². The van der Waals surface area contributed by atoms with Crippen molar-refractivity contribution in [1.29, 1.82) is 0 Å². The summed E-state index contributed by atoms with van der Waals surface area (Å²) in [6.07, 6.45) is -2.06. The highest BCUT2D eigenvalue weighted by molar-refractivity contribution is 7.22. The number of alkyl halides is 3. The normalized spacial score (nSPS) is 12.6. The number of halogens is 3. The summed E-state index contributed by atoms with van der Waals surface area (Å²) in [5.74, 6) is -0.989. The Morgan fingerprint density at radius 1 is 1.20 bits per heavy atom. The number of H-pyrrole nitrogens is 1. The predicted molar refractivity (Wildman–Crippen MR) is 127 cm³/mol. The number of benzene rings is 2. The summed E-state index contributed by atoms with van der Waals surface area (Å²) in [7, 11) is 0. The molecule has 0 spiro atoms. The molecule has 2 aromatic carbocycles. The second kappa shape index (κ2) is 10.3. The molecule has 0 aliphatic heterocycles. The first kappa shape index (κ1) is 24.5. The SMILES string of the molecule is N[C@@H](Cc1c[nH]c2ccccc12)C(=O)NCCCC(=O)Nc1nc2ccc(OC(F)(F)F)cc2s1. The molecule has 12 heteroatoms. The van der Waals surface area contributed by atoms with Gasteiger partial charge in [-0.05, 0) is 36.6 Å². The number of aromatic nitrogens is 2. The first-order chi connectivity index (χ1) is 16.7. The number of ether oxygens (including phenoxy) is 1. The molecule has 0 saturated heterocycles. The van der Waals surface area contributed by atoms with Crippen LogP contribution < -0.4 is 21.1 Å². The summed E-state index contributed by atoms with van der Waals surface area (Å²) in [6, 6.07) is 10.8. The van der Waals surface area contributed by atoms with Gasteiger partial charge in [-0.25, -0.2) is 4.98 Å². The molecule has 184 valence electrons. The first-order valence-corrected chi connectivity index (χ1v) is 11.5. The van der Waals surface area contributed by atoms with E-state index in [4.69, 9.17) is 5.73 Å². The minimum atomic E-state index is -4.79. The minimum absolute atomic E-state index is 0.121. The van der Waals surface area contributed by atoms with E-state index in [1.807, 2.05) is 30.5 Å². The van der Waals surface area contributed by atoms with Crippen molar-refractivity contribution in [1.82, 2.24) is 15.3 Å². The van der Waals surface area contributed by atoms with E-state index in [1.165, 1.54) is 12.1 Å². The van der Waals surface area contributed by atoms with Crippen LogP contribution in [0.1, 0.15) is 18.4 Å². The van der Waals surface area contributed by atoms with Gasteiger partial charge >= 0.3 is 6.36 Å². The number of rotatable bonds is 9. The summed E-state index contributed by atoms with van der Waals surface area (Å²) in [5, 5.41) is 6.64. The lowest BCUT2D eigenvalue weighted by molar-refractivity contribution is -0.274. The van der Waals surface area contributed by atoms with Crippen molar-refractivity contribution in [3.05, 3.63) is 54.2 Å². The van der Waals surface area contributed by atoms with Gasteiger partial charge in [0.05, 0.1) is 16.3 Å². The topological polar surface area (TPSA) is 122 Å². The van der Waals surface area contributed by atoms with Crippen molar-refractivity contribution >= 4 is 49.4 Å². The zero-order valence-electron chi connectivity index (χ0n) is 18.3. The molecule has 0 unspecified atom stereocenters. The molecule has 2 heterocycles. The first-order valence-electron chi connectivity index (χ1n) is 10.7. The summed E-state index contributed by atoms with van der Waals surface area (Å²) in [6.45, 7) is 0.270. The Morgan fingerprint density at radius 2 is 2.00 bits per heavy atom. The van der Waals surface area contributed by atoms with Crippen LogP contribution in [0.5, 0.6) is 5.75 Å². The molecule has 0 aliphatic carbocycles. The predicted octanol–water partition coefficient (Wildman–Crippen LogP) is 4.08. The summed E-state index contributed by atoms with van der Waals surface area (Å²) < 4.78 is 41.5. The van der Waals surface area contributed by atoms with Gasteiger partial charge in [0.25, 0.3) is 0 Å². The number of nitrogens with one attached hydrogen (secondary N) is 3. The van der Waals surface area contributed by atoms with Gasteiger partial charge in [-0.1, -0.05) is 29.5 Å². The molecule has 2 aromatic heterocycles. The Kier molecular flexibility index (Phi) is 7.22. The van der Waals surface area contributed by atoms with Gasteiger partial charge in [0.15, 0.2) is 5.13 Å². The number of fused-ring (bicyclic) bond motifs is 2. The molecule has 35 heavy (non-hydrogen) atoms. The molecule has 0 saturated carbocycles. The number of amides is 2. The standard InChI is InChI=1S/C23H22F3N5O3S/c24-23(25,26)34-14-7-8-18-19(11-14)35-22(30-18)31-20(32)6-3-9-28-21(33)16(27)10-13-12-29-17-5-2-1-4-15(13)17/h1-2,4-5,7-8,11-12,16,29H,3,6,9-10,27H2,(H,28,33)(H,30,31,32)/t16-/m0/s1. The third-order valence-electron chi connectivity index (χ3n) is 5.17. The maximum atomic E-state index is 12.4. The van der Waals surface area contributed by atoms with Gasteiger partial charge in [-0.3, -0.25) is 9.59 Å². The van der Waals surface area contributed by atoms with E-state index in [0.29, 0.717) is 23.1 Å². The van der Waals surface area contributed by atoms with Gasteiger partial charge < -0.3 is 26.1 Å². The van der Waals surface area contributed by atoms with Crippen LogP contribution in [0.3, 0.4) is 0 Å². The van der Waals surface area contributed by atoms with Crippen molar-refractivity contribution < 1.29 is 27.5 Å². The Morgan fingerprint density at radius 3 is 2.80 bits per heavy atom. The van der Waals surface area contributed by atoms with E-state index in [9.17, 15) is 22.8 Å². The second-order valence-electron chi connectivity index (χ2n) is 7.81. The van der Waals surface area contributed by atoms with Gasteiger partial charge in [0.2, 0.25) is 11.8 Å². The van der Waals surface area contributed by atoms with Crippen molar-refractivity contribution in [2.75, 3.05) is 11.9 Å². The van der Waals surface area contributed by atoms with Crippen LogP contribution in [0.25, 0.3) is 21.1 Å². The molecule has 2 amide bonds. The fourth-order valence-electron chi connectivity index (χ4n) is 3.56. The van der Waals surface area contributed by atoms with E-state index < -0.39 is 12.4 Å². The number of hydrogen-bond donors (Lipinski definition) is 4. The maximum Gasteiger partial charge on any atom is 0.573 e. The van der Waals surface area contributed by atoms with Crippen LogP contribution >= 0.6 is 11.3 Å². The maximum absolute atomic E-state index is 12.4. The van der Waals surface area contributed by atoms with Crippen LogP contribution in [0.15, 0.2) is 48.7 Å². The molecule has 5 N–H and O–H groups in total. The number of nitrogens with zero attached hydrogens (tertiary/aromatic N) is 1. The number of thiazole rings is 1. The molecule has 1 atom stereocenters. The van der Waals surface area contributed by atoms with E-state index in [0.717, 1.165) is 33.9 Å². The number of carbonyl (C=O) groups excluding carboxylic acids is 2. The molecule has 0 bridgehead atoms. The highest BCUT2D eigenvalue weighted by atomic mass is 32.1. The minimum Gasteiger partial charge on any atom is -0.406 e. The van der Waals surface area contributed by atoms with Crippen LogP contribution in [0.4, 0.5) is 18.3 Å². The summed E-state index contributed by atoms with van der Waals surface area (Å²) in [4.78, 5) is 31.9. The van der Waals surface area contributed by atoms with Crippen LogP contribution in [0, 0.1) is 0 Å². The van der Waals surface area contributed by atoms with Gasteiger partial charge in [0, 0.05) is 36.1 Å². The molecule has 0 aliphatic rings. The average molecular weight is 506 g/mol. The number of hydrogen-bond acceptors (Lipinski definition) is 6. The highest BCUT2D eigenvalue weighted by Crippen LogP contribution is 2.31. The van der Waals surface area contributed by atoms with Gasteiger partial charge in [-0.15, -0.1) is 13.2 Å².